The summed E-state index contributed by atoms with van der Waals surface area (Å²) in [5.74, 6) is 7.30. The summed E-state index contributed by atoms with van der Waals surface area (Å²) in [5, 5.41) is 10.8. The minimum absolute atomic E-state index is 0.511. The lowest BCUT2D eigenvalue weighted by atomic mass is 9.89. The van der Waals surface area contributed by atoms with Crippen LogP contribution in [0.2, 0.25) is 0 Å². The molecule has 2 nitrogen and oxygen atoms in total. The molecule has 1 atom stereocenters. The first-order valence-corrected chi connectivity index (χ1v) is 10.1. The fraction of sp³-hybridized carbons (Fsp3) is 0.440. The van der Waals surface area contributed by atoms with Gasteiger partial charge in [0.05, 0.1) is 5.60 Å². The first-order valence-electron chi connectivity index (χ1n) is 10.1. The number of ether oxygens (including phenoxy) is 1. The molecule has 0 bridgehead atoms. The Kier molecular flexibility index (Phi) is 8.43. The van der Waals surface area contributed by atoms with Crippen molar-refractivity contribution in [3.05, 3.63) is 65.2 Å². The molecule has 2 heteroatoms. The van der Waals surface area contributed by atoms with E-state index in [4.69, 9.17) is 4.74 Å². The number of hydrogen-bond donors (Lipinski definition) is 1. The third kappa shape index (κ3) is 6.77. The van der Waals surface area contributed by atoms with Gasteiger partial charge in [-0.25, -0.2) is 0 Å². The van der Waals surface area contributed by atoms with Crippen molar-refractivity contribution in [1.29, 1.82) is 0 Å². The fourth-order valence-electron chi connectivity index (χ4n) is 2.90. The summed E-state index contributed by atoms with van der Waals surface area (Å²) in [6.07, 6.45) is 6.40. The highest BCUT2D eigenvalue weighted by Crippen LogP contribution is 2.30. The maximum atomic E-state index is 10.8. The molecule has 0 spiro atoms. The van der Waals surface area contributed by atoms with Gasteiger partial charge in [0.15, 0.2) is 0 Å². The second kappa shape index (κ2) is 10.8. The molecule has 0 heterocycles. The molecular formula is C25H32O2. The van der Waals surface area contributed by atoms with E-state index in [1.807, 2.05) is 62.4 Å². The van der Waals surface area contributed by atoms with Gasteiger partial charge in [0.2, 0.25) is 0 Å². The van der Waals surface area contributed by atoms with E-state index in [0.29, 0.717) is 13.0 Å². The molecule has 0 aliphatic heterocycles. The molecule has 1 N–H and O–H groups in total. The Morgan fingerprint density at radius 1 is 1.00 bits per heavy atom. The van der Waals surface area contributed by atoms with Gasteiger partial charge in [0, 0.05) is 17.5 Å². The van der Waals surface area contributed by atoms with Gasteiger partial charge < -0.3 is 9.84 Å². The van der Waals surface area contributed by atoms with Crippen molar-refractivity contribution in [3.8, 4) is 17.6 Å². The molecule has 0 aromatic heterocycles. The van der Waals surface area contributed by atoms with Crippen LogP contribution in [0.3, 0.4) is 0 Å². The molecule has 0 saturated heterocycles. The molecule has 1 unspecified atom stereocenters. The average Bonchev–Trinajstić information content (AvgIpc) is 2.70. The Morgan fingerprint density at radius 3 is 2.48 bits per heavy atom. The minimum atomic E-state index is -0.918. The number of unbranched alkanes of at least 4 members (excludes halogenated alkanes) is 4. The first-order chi connectivity index (χ1) is 13.1. The van der Waals surface area contributed by atoms with Gasteiger partial charge in [-0.05, 0) is 43.5 Å². The Morgan fingerprint density at radius 2 is 1.78 bits per heavy atom. The lowest BCUT2D eigenvalue weighted by Gasteiger charge is -2.24. The molecule has 0 fully saturated rings. The summed E-state index contributed by atoms with van der Waals surface area (Å²) in [4.78, 5) is 0. The van der Waals surface area contributed by atoms with Crippen molar-refractivity contribution < 1.29 is 9.84 Å². The van der Waals surface area contributed by atoms with E-state index in [-0.39, 0.29) is 0 Å². The number of rotatable bonds is 9. The molecule has 0 saturated carbocycles. The molecule has 0 amide bonds. The van der Waals surface area contributed by atoms with Gasteiger partial charge in [-0.15, -0.1) is 0 Å². The van der Waals surface area contributed by atoms with E-state index in [1.165, 1.54) is 19.3 Å². The number of aliphatic hydroxyl groups is 1. The zero-order valence-electron chi connectivity index (χ0n) is 16.9. The van der Waals surface area contributed by atoms with Gasteiger partial charge in [0.25, 0.3) is 0 Å². The fourth-order valence-corrected chi connectivity index (χ4v) is 2.90. The second-order valence-electron chi connectivity index (χ2n) is 7.22. The van der Waals surface area contributed by atoms with Crippen LogP contribution in [0.25, 0.3) is 0 Å². The highest BCUT2D eigenvalue weighted by atomic mass is 16.5. The third-order valence-electron chi connectivity index (χ3n) is 4.89. The zero-order valence-corrected chi connectivity index (χ0v) is 16.9. The smallest absolute Gasteiger partial charge is 0.120 e. The van der Waals surface area contributed by atoms with Crippen LogP contribution in [0, 0.1) is 11.8 Å². The molecule has 27 heavy (non-hydrogen) atoms. The van der Waals surface area contributed by atoms with Gasteiger partial charge in [0.1, 0.15) is 12.4 Å². The molecule has 144 valence electrons. The monoisotopic (exact) mass is 364 g/mol. The van der Waals surface area contributed by atoms with E-state index in [9.17, 15) is 5.11 Å². The Labute approximate surface area is 164 Å². The predicted molar refractivity (Wildman–Crippen MR) is 113 cm³/mol. The minimum Gasteiger partial charge on any atom is -0.489 e. The summed E-state index contributed by atoms with van der Waals surface area (Å²) in [7, 11) is 0. The van der Waals surface area contributed by atoms with E-state index in [1.54, 1.807) is 0 Å². The average molecular weight is 365 g/mol. The van der Waals surface area contributed by atoms with E-state index in [0.717, 1.165) is 35.3 Å². The number of benzene rings is 2. The second-order valence-corrected chi connectivity index (χ2v) is 7.22. The maximum absolute atomic E-state index is 10.8. The van der Waals surface area contributed by atoms with Crippen molar-refractivity contribution in [2.75, 3.05) is 0 Å². The van der Waals surface area contributed by atoms with Crippen LogP contribution < -0.4 is 4.74 Å². The molecule has 2 aromatic carbocycles. The molecule has 2 aromatic rings. The summed E-state index contributed by atoms with van der Waals surface area (Å²) in [5.41, 5.74) is 1.94. The van der Waals surface area contributed by atoms with Crippen molar-refractivity contribution in [2.24, 2.45) is 0 Å². The third-order valence-corrected chi connectivity index (χ3v) is 4.89. The maximum Gasteiger partial charge on any atom is 0.120 e. The van der Waals surface area contributed by atoms with Crippen molar-refractivity contribution in [1.82, 2.24) is 0 Å². The highest BCUT2D eigenvalue weighted by molar-refractivity contribution is 5.48. The van der Waals surface area contributed by atoms with Crippen molar-refractivity contribution in [3.63, 3.8) is 0 Å². The number of hydrogen-bond acceptors (Lipinski definition) is 2. The summed E-state index contributed by atoms with van der Waals surface area (Å²) in [6.45, 7) is 6.55. The summed E-state index contributed by atoms with van der Waals surface area (Å²) < 4.78 is 5.94. The van der Waals surface area contributed by atoms with E-state index < -0.39 is 5.60 Å². The summed E-state index contributed by atoms with van der Waals surface area (Å²) in [6, 6.07) is 15.9. The van der Waals surface area contributed by atoms with E-state index >= 15 is 0 Å². The Bertz CT molecular complexity index is 751. The van der Waals surface area contributed by atoms with Crippen LogP contribution >= 0.6 is 0 Å². The van der Waals surface area contributed by atoms with Crippen LogP contribution in [0.15, 0.2) is 48.5 Å². The Hall–Kier alpha value is -2.24. The Balaban J connectivity index is 2.13. The largest absolute Gasteiger partial charge is 0.489 e. The van der Waals surface area contributed by atoms with Crippen LogP contribution in [0.5, 0.6) is 5.75 Å². The predicted octanol–water partition coefficient (Wildman–Crippen LogP) is 6.21. The lowest BCUT2D eigenvalue weighted by molar-refractivity contribution is 0.0525. The summed E-state index contributed by atoms with van der Waals surface area (Å²) >= 11 is 0. The first kappa shape index (κ1) is 21.1. The molecule has 0 radical (unpaired) electrons. The topological polar surface area (TPSA) is 29.5 Å². The van der Waals surface area contributed by atoms with Gasteiger partial charge in [-0.3, -0.25) is 0 Å². The standard InChI is InChI=1S/C25H32O2/c1-4-6-7-8-9-13-16-22-17-18-23(19-24(22)25(3,26)5-2)27-20-21-14-11-10-12-15-21/h10-12,14-15,17-19,26H,4-9,20H2,1-3H3. The molecule has 2 rings (SSSR count). The van der Waals surface area contributed by atoms with E-state index in [2.05, 4.69) is 18.8 Å². The molecule has 0 aliphatic carbocycles. The lowest BCUT2D eigenvalue weighted by Crippen LogP contribution is -2.21. The van der Waals surface area contributed by atoms with Crippen LogP contribution in [-0.4, -0.2) is 5.11 Å². The normalized spacial score (nSPS) is 12.7. The van der Waals surface area contributed by atoms with Crippen molar-refractivity contribution >= 4 is 0 Å². The van der Waals surface area contributed by atoms with Gasteiger partial charge in [-0.2, -0.15) is 0 Å². The van der Waals surface area contributed by atoms with Crippen molar-refractivity contribution in [2.45, 2.75) is 71.5 Å². The van der Waals surface area contributed by atoms with Crippen LogP contribution in [-0.2, 0) is 12.2 Å². The zero-order chi connectivity index (χ0) is 19.5. The van der Waals surface area contributed by atoms with Gasteiger partial charge >= 0.3 is 0 Å². The van der Waals surface area contributed by atoms with Gasteiger partial charge in [-0.1, -0.05) is 75.3 Å². The highest BCUT2D eigenvalue weighted by Gasteiger charge is 2.24. The SMILES string of the molecule is CCCCCCC#Cc1ccc(OCc2ccccc2)cc1C(C)(O)CC. The molecular weight excluding hydrogens is 332 g/mol. The van der Waals surface area contributed by atoms with Crippen LogP contribution in [0.1, 0.15) is 76.0 Å². The quantitative estimate of drug-likeness (QED) is 0.424. The molecule has 0 aliphatic rings. The van der Waals surface area contributed by atoms with Crippen LogP contribution in [0.4, 0.5) is 0 Å².